The minimum atomic E-state index is 0.432. The summed E-state index contributed by atoms with van der Waals surface area (Å²) in [6.45, 7) is 3.05. The second-order valence-corrected chi connectivity index (χ2v) is 7.10. The Balaban J connectivity index is 1.56. The number of aliphatic imine (C=N–C) groups is 1. The molecule has 1 N–H and O–H groups in total. The average molecular weight is 281 g/mol. The Morgan fingerprint density at radius 2 is 2.50 bits per heavy atom. The van der Waals surface area contributed by atoms with Gasteiger partial charge in [0.05, 0.1) is 11.6 Å². The molecule has 1 saturated heterocycles. The van der Waals surface area contributed by atoms with Crippen LogP contribution in [-0.4, -0.2) is 28.5 Å². The van der Waals surface area contributed by atoms with Gasteiger partial charge < -0.3 is 5.32 Å². The molecule has 1 saturated carbocycles. The summed E-state index contributed by atoms with van der Waals surface area (Å²) < 4.78 is 0. The van der Waals surface area contributed by atoms with Gasteiger partial charge in [-0.2, -0.15) is 0 Å². The van der Waals surface area contributed by atoms with Crippen LogP contribution >= 0.6 is 23.1 Å². The van der Waals surface area contributed by atoms with E-state index in [1.807, 2.05) is 23.3 Å². The van der Waals surface area contributed by atoms with E-state index in [2.05, 4.69) is 17.2 Å². The number of thioether (sulfide) groups is 1. The average Bonchev–Trinajstić information content (AvgIpc) is 3.05. The van der Waals surface area contributed by atoms with Gasteiger partial charge >= 0.3 is 0 Å². The number of thiazole rings is 1. The molecule has 1 aliphatic carbocycles. The summed E-state index contributed by atoms with van der Waals surface area (Å²) in [5, 5.41) is 8.00. The van der Waals surface area contributed by atoms with Crippen molar-refractivity contribution in [1.82, 2.24) is 10.3 Å². The van der Waals surface area contributed by atoms with E-state index in [1.54, 1.807) is 11.3 Å². The van der Waals surface area contributed by atoms with Crippen molar-refractivity contribution in [3.63, 3.8) is 0 Å². The summed E-state index contributed by atoms with van der Waals surface area (Å²) in [6, 6.07) is 0.695. The van der Waals surface area contributed by atoms with Gasteiger partial charge in [-0.25, -0.2) is 4.98 Å². The van der Waals surface area contributed by atoms with E-state index in [1.165, 1.54) is 30.0 Å². The molecule has 1 aromatic rings. The Hall–Kier alpha value is -0.550. The number of rotatable bonds is 3. The first-order valence-corrected chi connectivity index (χ1v) is 8.52. The molecule has 3 rings (SSSR count). The van der Waals surface area contributed by atoms with E-state index >= 15 is 0 Å². The minimum absolute atomic E-state index is 0.432. The molecule has 2 heterocycles. The predicted octanol–water partition coefficient (Wildman–Crippen LogP) is 3.11. The molecule has 1 aliphatic heterocycles. The van der Waals surface area contributed by atoms with E-state index < -0.39 is 0 Å². The van der Waals surface area contributed by atoms with Gasteiger partial charge in [-0.05, 0) is 18.8 Å². The fourth-order valence-corrected chi connectivity index (χ4v) is 4.54. The van der Waals surface area contributed by atoms with Crippen molar-refractivity contribution in [3.8, 4) is 0 Å². The van der Waals surface area contributed by atoms with Gasteiger partial charge in [0.2, 0.25) is 0 Å². The van der Waals surface area contributed by atoms with Crippen LogP contribution in [0.2, 0.25) is 0 Å². The van der Waals surface area contributed by atoms with Gasteiger partial charge in [0.25, 0.3) is 0 Å². The molecule has 18 heavy (non-hydrogen) atoms. The van der Waals surface area contributed by atoms with Crippen molar-refractivity contribution < 1.29 is 0 Å². The molecular formula is C13H19N3S2. The molecule has 0 amide bonds. The van der Waals surface area contributed by atoms with E-state index in [-0.39, 0.29) is 0 Å². The third kappa shape index (κ3) is 2.72. The van der Waals surface area contributed by atoms with Gasteiger partial charge in [0.15, 0.2) is 5.17 Å². The van der Waals surface area contributed by atoms with Crippen LogP contribution in [0.1, 0.15) is 37.1 Å². The molecule has 2 fully saturated rings. The second-order valence-electron chi connectivity index (χ2n) is 5.17. The largest absolute Gasteiger partial charge is 0.362 e. The normalized spacial score (nSPS) is 31.1. The van der Waals surface area contributed by atoms with Gasteiger partial charge in [-0.1, -0.05) is 25.1 Å². The van der Waals surface area contributed by atoms with Crippen LogP contribution in [0.3, 0.4) is 0 Å². The second kappa shape index (κ2) is 5.61. The van der Waals surface area contributed by atoms with Crippen molar-refractivity contribution in [2.75, 3.05) is 12.3 Å². The molecular weight excluding hydrogens is 262 g/mol. The Labute approximate surface area is 116 Å². The Morgan fingerprint density at radius 3 is 3.33 bits per heavy atom. The van der Waals surface area contributed by atoms with Gasteiger partial charge in [0, 0.05) is 29.3 Å². The zero-order valence-corrected chi connectivity index (χ0v) is 12.3. The molecule has 3 atom stereocenters. The minimum Gasteiger partial charge on any atom is -0.362 e. The van der Waals surface area contributed by atoms with Crippen molar-refractivity contribution in [1.29, 1.82) is 0 Å². The summed E-state index contributed by atoms with van der Waals surface area (Å²) in [4.78, 5) is 9.09. The zero-order valence-electron chi connectivity index (χ0n) is 10.6. The highest BCUT2D eigenvalue weighted by atomic mass is 32.2. The molecule has 1 aromatic heterocycles. The lowest BCUT2D eigenvalue weighted by Gasteiger charge is -2.28. The molecule has 3 unspecified atom stereocenters. The van der Waals surface area contributed by atoms with Gasteiger partial charge in [-0.15, -0.1) is 11.3 Å². The van der Waals surface area contributed by atoms with Gasteiger partial charge in [-0.3, -0.25) is 4.99 Å². The summed E-state index contributed by atoms with van der Waals surface area (Å²) in [5.41, 5.74) is 0. The summed E-state index contributed by atoms with van der Waals surface area (Å²) in [5.74, 6) is 2.56. The molecule has 5 heteroatoms. The standard InChI is InChI=1S/C13H19N3S2/c1-9(12-14-5-6-17-12)7-15-13-16-11-4-2-3-10(11)8-18-13/h5-6,9-11H,2-4,7-8H2,1H3,(H,15,16). The quantitative estimate of drug-likeness (QED) is 0.925. The monoisotopic (exact) mass is 281 g/mol. The highest BCUT2D eigenvalue weighted by Crippen LogP contribution is 2.33. The third-order valence-electron chi connectivity index (χ3n) is 3.78. The lowest BCUT2D eigenvalue weighted by Crippen LogP contribution is -2.41. The van der Waals surface area contributed by atoms with Crippen molar-refractivity contribution in [2.24, 2.45) is 10.9 Å². The first-order chi connectivity index (χ1) is 8.83. The van der Waals surface area contributed by atoms with Crippen LogP contribution in [0.25, 0.3) is 0 Å². The molecule has 3 nitrogen and oxygen atoms in total. The molecule has 0 bridgehead atoms. The molecule has 0 aromatic carbocycles. The number of nitrogens with one attached hydrogen (secondary N) is 1. The highest BCUT2D eigenvalue weighted by molar-refractivity contribution is 8.13. The first-order valence-electron chi connectivity index (χ1n) is 6.66. The number of hydrogen-bond donors (Lipinski definition) is 1. The summed E-state index contributed by atoms with van der Waals surface area (Å²) in [7, 11) is 0. The fraction of sp³-hybridized carbons (Fsp3) is 0.692. The topological polar surface area (TPSA) is 37.3 Å². The van der Waals surface area contributed by atoms with Crippen LogP contribution in [-0.2, 0) is 0 Å². The predicted molar refractivity (Wildman–Crippen MR) is 79.6 cm³/mol. The van der Waals surface area contributed by atoms with E-state index in [0.29, 0.717) is 12.0 Å². The maximum absolute atomic E-state index is 4.73. The molecule has 2 aliphatic rings. The Bertz CT molecular complexity index is 416. The first kappa shape index (κ1) is 12.5. The molecule has 0 radical (unpaired) electrons. The number of fused-ring (bicyclic) bond motifs is 1. The van der Waals surface area contributed by atoms with Gasteiger partial charge in [0.1, 0.15) is 0 Å². The van der Waals surface area contributed by atoms with E-state index in [9.17, 15) is 0 Å². The van der Waals surface area contributed by atoms with E-state index in [4.69, 9.17) is 4.99 Å². The van der Waals surface area contributed by atoms with Crippen molar-refractivity contribution >= 4 is 28.3 Å². The van der Waals surface area contributed by atoms with Crippen LogP contribution < -0.4 is 5.32 Å². The van der Waals surface area contributed by atoms with Crippen molar-refractivity contribution in [3.05, 3.63) is 16.6 Å². The van der Waals surface area contributed by atoms with Crippen molar-refractivity contribution in [2.45, 2.75) is 38.1 Å². The lowest BCUT2D eigenvalue weighted by atomic mass is 10.1. The van der Waals surface area contributed by atoms with Crippen LogP contribution in [0.15, 0.2) is 16.6 Å². The Kier molecular flexibility index (Phi) is 3.89. The number of aromatic nitrogens is 1. The van der Waals surface area contributed by atoms with Crippen LogP contribution in [0, 0.1) is 5.92 Å². The highest BCUT2D eigenvalue weighted by Gasteiger charge is 2.31. The lowest BCUT2D eigenvalue weighted by molar-refractivity contribution is 0.489. The maximum atomic E-state index is 4.73. The van der Waals surface area contributed by atoms with Crippen LogP contribution in [0.5, 0.6) is 0 Å². The molecule has 0 spiro atoms. The fourth-order valence-electron chi connectivity index (χ4n) is 2.68. The Morgan fingerprint density at radius 1 is 1.56 bits per heavy atom. The summed E-state index contributed by atoms with van der Waals surface area (Å²) >= 11 is 3.63. The summed E-state index contributed by atoms with van der Waals surface area (Å²) in [6.07, 6.45) is 5.98. The number of amidine groups is 1. The SMILES string of the molecule is CC(CN=C1NC2CCCC2CS1)c1nccs1. The number of nitrogens with zero attached hydrogens (tertiary/aromatic N) is 2. The maximum Gasteiger partial charge on any atom is 0.156 e. The smallest absolute Gasteiger partial charge is 0.156 e. The van der Waals surface area contributed by atoms with E-state index in [0.717, 1.165) is 17.6 Å². The molecule has 98 valence electrons. The number of hydrogen-bond acceptors (Lipinski definition) is 4. The van der Waals surface area contributed by atoms with Crippen LogP contribution in [0.4, 0.5) is 0 Å². The third-order valence-corrected chi connectivity index (χ3v) is 5.91. The zero-order chi connectivity index (χ0) is 12.4.